The van der Waals surface area contributed by atoms with Crippen molar-refractivity contribution in [3.05, 3.63) is 40.2 Å². The molecule has 1 aromatic carbocycles. The number of thiophene rings is 1. The number of nitrogens with two attached hydrogens (primary N) is 1. The first-order chi connectivity index (χ1) is 8.70. The average molecular weight is 278 g/mol. The van der Waals surface area contributed by atoms with Crippen molar-refractivity contribution in [2.75, 3.05) is 0 Å². The lowest BCUT2D eigenvalue weighted by Crippen LogP contribution is -1.96. The summed E-state index contributed by atoms with van der Waals surface area (Å²) in [5.41, 5.74) is 8.82. The third-order valence-electron chi connectivity index (χ3n) is 3.00. The zero-order chi connectivity index (χ0) is 12.7. The van der Waals surface area contributed by atoms with Crippen LogP contribution in [0.5, 0.6) is 0 Å². The van der Waals surface area contributed by atoms with Crippen LogP contribution in [-0.2, 0) is 13.6 Å². The van der Waals surface area contributed by atoms with E-state index in [2.05, 4.69) is 15.6 Å². The standard InChI is InChI=1S/C13H12ClN3S/c1-17-11-6-8(7-15)2-3-10(11)16-13(17)12-9(14)4-5-18-12/h2-6H,7,15H2,1H3. The molecular weight excluding hydrogens is 266 g/mol. The molecule has 0 aliphatic carbocycles. The molecule has 0 radical (unpaired) electrons. The van der Waals surface area contributed by atoms with Gasteiger partial charge in [-0.25, -0.2) is 4.98 Å². The molecule has 0 aliphatic heterocycles. The molecule has 0 bridgehead atoms. The molecule has 0 spiro atoms. The third kappa shape index (κ3) is 1.73. The number of imidazole rings is 1. The summed E-state index contributed by atoms with van der Waals surface area (Å²) in [5, 5.41) is 2.72. The van der Waals surface area contributed by atoms with Crippen molar-refractivity contribution in [3.8, 4) is 10.7 Å². The van der Waals surface area contributed by atoms with Crippen molar-refractivity contribution in [2.24, 2.45) is 12.8 Å². The normalized spacial score (nSPS) is 11.3. The van der Waals surface area contributed by atoms with Crippen molar-refractivity contribution in [1.29, 1.82) is 0 Å². The zero-order valence-electron chi connectivity index (χ0n) is 9.85. The summed E-state index contributed by atoms with van der Waals surface area (Å²) in [6, 6.07) is 7.98. The van der Waals surface area contributed by atoms with Gasteiger partial charge in [0.2, 0.25) is 0 Å². The molecule has 0 saturated carbocycles. The average Bonchev–Trinajstić information content (AvgIpc) is 2.93. The predicted octanol–water partition coefficient (Wildman–Crippen LogP) is 3.41. The van der Waals surface area contributed by atoms with Gasteiger partial charge in [0.05, 0.1) is 20.9 Å². The molecule has 0 atom stereocenters. The monoisotopic (exact) mass is 277 g/mol. The molecule has 3 rings (SSSR count). The van der Waals surface area contributed by atoms with Gasteiger partial charge in [-0.05, 0) is 29.1 Å². The Morgan fingerprint density at radius 2 is 2.22 bits per heavy atom. The number of rotatable bonds is 2. The number of benzene rings is 1. The van der Waals surface area contributed by atoms with E-state index in [1.54, 1.807) is 11.3 Å². The minimum Gasteiger partial charge on any atom is -0.326 e. The van der Waals surface area contributed by atoms with Crippen LogP contribution >= 0.6 is 22.9 Å². The summed E-state index contributed by atoms with van der Waals surface area (Å²) in [7, 11) is 2.00. The topological polar surface area (TPSA) is 43.8 Å². The number of nitrogens with zero attached hydrogens (tertiary/aromatic N) is 2. The number of hydrogen-bond acceptors (Lipinski definition) is 3. The van der Waals surface area contributed by atoms with Crippen LogP contribution in [0.2, 0.25) is 5.02 Å². The van der Waals surface area contributed by atoms with Crippen molar-refractivity contribution >= 4 is 34.0 Å². The number of halogens is 1. The highest BCUT2D eigenvalue weighted by Crippen LogP contribution is 2.34. The molecule has 0 fully saturated rings. The minimum atomic E-state index is 0.538. The summed E-state index contributed by atoms with van der Waals surface area (Å²) >= 11 is 7.77. The molecule has 3 nitrogen and oxygen atoms in total. The Morgan fingerprint density at radius 3 is 2.89 bits per heavy atom. The van der Waals surface area contributed by atoms with Crippen LogP contribution in [0.25, 0.3) is 21.7 Å². The van der Waals surface area contributed by atoms with E-state index < -0.39 is 0 Å². The molecule has 0 unspecified atom stereocenters. The molecule has 2 heterocycles. The Bertz CT molecular complexity index is 714. The van der Waals surface area contributed by atoms with E-state index in [-0.39, 0.29) is 0 Å². The molecule has 3 aromatic rings. The molecule has 5 heteroatoms. The van der Waals surface area contributed by atoms with E-state index in [0.29, 0.717) is 6.54 Å². The number of aryl methyl sites for hydroxylation is 1. The van der Waals surface area contributed by atoms with E-state index in [1.807, 2.05) is 30.6 Å². The molecule has 0 amide bonds. The van der Waals surface area contributed by atoms with Crippen LogP contribution < -0.4 is 5.73 Å². The predicted molar refractivity (Wildman–Crippen MR) is 76.9 cm³/mol. The van der Waals surface area contributed by atoms with E-state index in [4.69, 9.17) is 17.3 Å². The Balaban J connectivity index is 2.26. The van der Waals surface area contributed by atoms with Gasteiger partial charge >= 0.3 is 0 Å². The van der Waals surface area contributed by atoms with Crippen molar-refractivity contribution in [3.63, 3.8) is 0 Å². The molecule has 2 aromatic heterocycles. The van der Waals surface area contributed by atoms with Gasteiger partial charge in [-0.2, -0.15) is 0 Å². The van der Waals surface area contributed by atoms with Crippen LogP contribution in [0, 0.1) is 0 Å². The molecule has 0 saturated heterocycles. The lowest BCUT2D eigenvalue weighted by Gasteiger charge is -2.01. The van der Waals surface area contributed by atoms with E-state index in [9.17, 15) is 0 Å². The second-order valence-corrected chi connectivity index (χ2v) is 5.44. The second kappa shape index (κ2) is 4.39. The Morgan fingerprint density at radius 1 is 1.39 bits per heavy atom. The van der Waals surface area contributed by atoms with Gasteiger partial charge in [-0.3, -0.25) is 0 Å². The summed E-state index contributed by atoms with van der Waals surface area (Å²) in [6.45, 7) is 0.538. The maximum atomic E-state index is 6.17. The SMILES string of the molecule is Cn1c(-c2sccc2Cl)nc2ccc(CN)cc21. The first-order valence-corrected chi connectivity index (χ1v) is 6.85. The minimum absolute atomic E-state index is 0.538. The van der Waals surface area contributed by atoms with E-state index in [0.717, 1.165) is 32.3 Å². The fourth-order valence-electron chi connectivity index (χ4n) is 2.02. The highest BCUT2D eigenvalue weighted by molar-refractivity contribution is 7.14. The number of aromatic nitrogens is 2. The third-order valence-corrected chi connectivity index (χ3v) is 4.34. The lowest BCUT2D eigenvalue weighted by atomic mass is 10.2. The molecule has 0 aliphatic rings. The molecular formula is C13H12ClN3S. The van der Waals surface area contributed by atoms with Crippen LogP contribution in [0.4, 0.5) is 0 Å². The largest absolute Gasteiger partial charge is 0.326 e. The van der Waals surface area contributed by atoms with Gasteiger partial charge in [0, 0.05) is 13.6 Å². The first kappa shape index (κ1) is 11.7. The maximum absolute atomic E-state index is 6.17. The Hall–Kier alpha value is -1.36. The molecule has 92 valence electrons. The van der Waals surface area contributed by atoms with E-state index >= 15 is 0 Å². The summed E-state index contributed by atoms with van der Waals surface area (Å²) < 4.78 is 2.06. The number of hydrogen-bond donors (Lipinski definition) is 1. The Kier molecular flexibility index (Phi) is 2.86. The smallest absolute Gasteiger partial charge is 0.152 e. The quantitative estimate of drug-likeness (QED) is 0.780. The molecule has 18 heavy (non-hydrogen) atoms. The van der Waals surface area contributed by atoms with Gasteiger partial charge in [-0.1, -0.05) is 17.7 Å². The highest BCUT2D eigenvalue weighted by atomic mass is 35.5. The van der Waals surface area contributed by atoms with Gasteiger partial charge in [0.25, 0.3) is 0 Å². The number of fused-ring (bicyclic) bond motifs is 1. The first-order valence-electron chi connectivity index (χ1n) is 5.59. The van der Waals surface area contributed by atoms with Crippen LogP contribution in [0.15, 0.2) is 29.6 Å². The van der Waals surface area contributed by atoms with Crippen molar-refractivity contribution in [1.82, 2.24) is 9.55 Å². The van der Waals surface area contributed by atoms with Gasteiger partial charge in [-0.15, -0.1) is 11.3 Å². The van der Waals surface area contributed by atoms with Gasteiger partial charge in [0.15, 0.2) is 5.82 Å². The van der Waals surface area contributed by atoms with Crippen LogP contribution in [0.1, 0.15) is 5.56 Å². The van der Waals surface area contributed by atoms with E-state index in [1.165, 1.54) is 0 Å². The second-order valence-electron chi connectivity index (χ2n) is 4.12. The molecule has 2 N–H and O–H groups in total. The summed E-state index contributed by atoms with van der Waals surface area (Å²) in [5.74, 6) is 0.902. The lowest BCUT2D eigenvalue weighted by molar-refractivity contribution is 0.960. The van der Waals surface area contributed by atoms with Gasteiger partial charge in [0.1, 0.15) is 0 Å². The summed E-state index contributed by atoms with van der Waals surface area (Å²) in [4.78, 5) is 5.64. The highest BCUT2D eigenvalue weighted by Gasteiger charge is 2.13. The van der Waals surface area contributed by atoms with Crippen LogP contribution in [-0.4, -0.2) is 9.55 Å². The Labute approximate surface area is 114 Å². The van der Waals surface area contributed by atoms with Gasteiger partial charge < -0.3 is 10.3 Å². The summed E-state index contributed by atoms with van der Waals surface area (Å²) in [6.07, 6.45) is 0. The van der Waals surface area contributed by atoms with Crippen molar-refractivity contribution in [2.45, 2.75) is 6.54 Å². The maximum Gasteiger partial charge on any atom is 0.152 e. The van der Waals surface area contributed by atoms with Crippen LogP contribution in [0.3, 0.4) is 0 Å². The fourth-order valence-corrected chi connectivity index (χ4v) is 3.18. The fraction of sp³-hybridized carbons (Fsp3) is 0.154. The van der Waals surface area contributed by atoms with Crippen molar-refractivity contribution < 1.29 is 0 Å². The zero-order valence-corrected chi connectivity index (χ0v) is 11.4.